The van der Waals surface area contributed by atoms with Crippen LogP contribution in [-0.4, -0.2) is 28.8 Å². The second-order valence-electron chi connectivity index (χ2n) is 7.58. The molecule has 1 saturated heterocycles. The molecule has 21 heavy (non-hydrogen) atoms. The van der Waals surface area contributed by atoms with Gasteiger partial charge in [-0.05, 0) is 50.4 Å². The molecule has 4 nitrogen and oxygen atoms in total. The predicted octanol–water partition coefficient (Wildman–Crippen LogP) is 2.32. The van der Waals surface area contributed by atoms with Crippen molar-refractivity contribution in [2.45, 2.75) is 64.3 Å². The Hall–Kier alpha value is -0.900. The van der Waals surface area contributed by atoms with E-state index in [1.807, 2.05) is 0 Å². The zero-order valence-corrected chi connectivity index (χ0v) is 13.3. The summed E-state index contributed by atoms with van der Waals surface area (Å²) in [5, 5.41) is 0. The van der Waals surface area contributed by atoms with E-state index in [0.29, 0.717) is 18.4 Å². The number of fused-ring (bicyclic) bond motifs is 1. The van der Waals surface area contributed by atoms with Crippen molar-refractivity contribution in [1.82, 2.24) is 4.90 Å². The van der Waals surface area contributed by atoms with E-state index in [-0.39, 0.29) is 29.2 Å². The van der Waals surface area contributed by atoms with Crippen LogP contribution in [0.1, 0.15) is 58.8 Å². The number of nitrogens with zero attached hydrogens (tertiary/aromatic N) is 1. The molecule has 2 atom stereocenters. The first-order chi connectivity index (χ1) is 10.0. The van der Waals surface area contributed by atoms with Crippen LogP contribution in [0.4, 0.5) is 0 Å². The Kier molecular flexibility index (Phi) is 3.85. The average molecular weight is 292 g/mol. The van der Waals surface area contributed by atoms with E-state index in [1.54, 1.807) is 4.90 Å². The smallest absolute Gasteiger partial charge is 0.233 e. The van der Waals surface area contributed by atoms with Crippen LogP contribution in [0.5, 0.6) is 0 Å². The minimum atomic E-state index is -0.382. The number of hydrogen-bond donors (Lipinski definition) is 1. The first-order valence-corrected chi connectivity index (χ1v) is 8.60. The van der Waals surface area contributed by atoms with Crippen molar-refractivity contribution in [3.63, 3.8) is 0 Å². The molecule has 0 radical (unpaired) electrons. The lowest BCUT2D eigenvalue weighted by atomic mass is 9.76. The number of nitrogens with two attached hydrogens (primary N) is 1. The highest BCUT2D eigenvalue weighted by molar-refractivity contribution is 6.06. The molecular weight excluding hydrogens is 264 g/mol. The van der Waals surface area contributed by atoms with Gasteiger partial charge in [0.05, 0.1) is 17.4 Å². The van der Waals surface area contributed by atoms with E-state index in [9.17, 15) is 9.59 Å². The lowest BCUT2D eigenvalue weighted by molar-refractivity contribution is -0.149. The summed E-state index contributed by atoms with van der Waals surface area (Å²) in [6, 6.07) is 0. The molecule has 0 aromatic rings. The van der Waals surface area contributed by atoms with Crippen LogP contribution in [0.2, 0.25) is 0 Å². The van der Waals surface area contributed by atoms with Crippen molar-refractivity contribution in [2.24, 2.45) is 29.4 Å². The topological polar surface area (TPSA) is 63.4 Å². The Morgan fingerprint density at radius 1 is 1.14 bits per heavy atom. The van der Waals surface area contributed by atoms with E-state index in [0.717, 1.165) is 44.9 Å². The van der Waals surface area contributed by atoms with E-state index in [2.05, 4.69) is 13.8 Å². The molecule has 2 amide bonds. The standard InChI is InChI=1S/C17H28N2O2/c1-3-12-8-13-14(9-12)16(21)19(15(13)20)17(10-18)6-4-11(2)5-7-17/h11-14H,3-10,18H2,1-2H3. The second-order valence-corrected chi connectivity index (χ2v) is 7.58. The van der Waals surface area contributed by atoms with Gasteiger partial charge in [-0.25, -0.2) is 0 Å². The quantitative estimate of drug-likeness (QED) is 0.812. The summed E-state index contributed by atoms with van der Waals surface area (Å²) >= 11 is 0. The molecule has 0 spiro atoms. The molecule has 3 rings (SSSR count). The van der Waals surface area contributed by atoms with Crippen molar-refractivity contribution in [2.75, 3.05) is 6.54 Å². The second kappa shape index (κ2) is 5.38. The van der Waals surface area contributed by atoms with Gasteiger partial charge >= 0.3 is 0 Å². The SMILES string of the molecule is CCC1CC2C(=O)N(C3(CN)CCC(C)CC3)C(=O)C2C1. The van der Waals surface area contributed by atoms with E-state index in [1.165, 1.54) is 0 Å². The Labute approximate surface area is 127 Å². The number of carbonyl (C=O) groups excluding carboxylic acids is 2. The highest BCUT2D eigenvalue weighted by Gasteiger charge is 2.57. The molecule has 4 heteroatoms. The molecule has 2 N–H and O–H groups in total. The molecule has 0 aromatic carbocycles. The number of rotatable bonds is 3. The zero-order chi connectivity index (χ0) is 15.2. The van der Waals surface area contributed by atoms with Gasteiger partial charge in [0, 0.05) is 6.54 Å². The van der Waals surface area contributed by atoms with Gasteiger partial charge in [-0.2, -0.15) is 0 Å². The van der Waals surface area contributed by atoms with Gasteiger partial charge in [0.1, 0.15) is 0 Å². The van der Waals surface area contributed by atoms with Crippen LogP contribution in [0.15, 0.2) is 0 Å². The van der Waals surface area contributed by atoms with Gasteiger partial charge < -0.3 is 5.73 Å². The normalized spacial score (nSPS) is 43.5. The zero-order valence-electron chi connectivity index (χ0n) is 13.3. The van der Waals surface area contributed by atoms with Crippen LogP contribution in [0, 0.1) is 23.7 Å². The van der Waals surface area contributed by atoms with E-state index in [4.69, 9.17) is 5.73 Å². The van der Waals surface area contributed by atoms with E-state index < -0.39 is 0 Å². The monoisotopic (exact) mass is 292 g/mol. The molecule has 1 heterocycles. The van der Waals surface area contributed by atoms with Crippen LogP contribution >= 0.6 is 0 Å². The summed E-state index contributed by atoms with van der Waals surface area (Å²) in [6.45, 7) is 4.82. The number of likely N-dealkylation sites (tertiary alicyclic amines) is 1. The molecule has 0 aromatic heterocycles. The van der Waals surface area contributed by atoms with Crippen LogP contribution in [0.25, 0.3) is 0 Å². The molecule has 3 aliphatic rings. The van der Waals surface area contributed by atoms with Gasteiger partial charge in [0.15, 0.2) is 0 Å². The fourth-order valence-electron chi connectivity index (χ4n) is 4.75. The summed E-state index contributed by atoms with van der Waals surface area (Å²) in [4.78, 5) is 27.3. The summed E-state index contributed by atoms with van der Waals surface area (Å²) in [5.41, 5.74) is 5.66. The fourth-order valence-corrected chi connectivity index (χ4v) is 4.75. The maximum Gasteiger partial charge on any atom is 0.233 e. The van der Waals surface area contributed by atoms with Gasteiger partial charge in [-0.15, -0.1) is 0 Å². The molecular formula is C17H28N2O2. The van der Waals surface area contributed by atoms with Crippen molar-refractivity contribution in [3.05, 3.63) is 0 Å². The molecule has 2 aliphatic carbocycles. The Balaban J connectivity index is 1.83. The summed E-state index contributed by atoms with van der Waals surface area (Å²) in [5.74, 6) is 1.30. The van der Waals surface area contributed by atoms with Crippen LogP contribution in [0.3, 0.4) is 0 Å². The molecule has 118 valence electrons. The number of amides is 2. The lowest BCUT2D eigenvalue weighted by Crippen LogP contribution is -2.58. The van der Waals surface area contributed by atoms with Crippen LogP contribution < -0.4 is 5.73 Å². The van der Waals surface area contributed by atoms with Crippen LogP contribution in [-0.2, 0) is 9.59 Å². The number of imide groups is 1. The van der Waals surface area contributed by atoms with Crippen molar-refractivity contribution >= 4 is 11.8 Å². The third kappa shape index (κ3) is 2.23. The van der Waals surface area contributed by atoms with Crippen molar-refractivity contribution < 1.29 is 9.59 Å². The first-order valence-electron chi connectivity index (χ1n) is 8.60. The number of hydrogen-bond acceptors (Lipinski definition) is 3. The molecule has 1 aliphatic heterocycles. The van der Waals surface area contributed by atoms with Crippen molar-refractivity contribution in [1.29, 1.82) is 0 Å². The lowest BCUT2D eigenvalue weighted by Gasteiger charge is -2.44. The number of carbonyl (C=O) groups is 2. The minimum Gasteiger partial charge on any atom is -0.328 e. The van der Waals surface area contributed by atoms with E-state index >= 15 is 0 Å². The fraction of sp³-hybridized carbons (Fsp3) is 0.882. The molecule has 2 saturated carbocycles. The highest BCUT2D eigenvalue weighted by atomic mass is 16.2. The molecule has 2 unspecified atom stereocenters. The third-order valence-corrected chi connectivity index (χ3v) is 6.37. The summed E-state index contributed by atoms with van der Waals surface area (Å²) in [6.07, 6.45) is 6.80. The summed E-state index contributed by atoms with van der Waals surface area (Å²) in [7, 11) is 0. The van der Waals surface area contributed by atoms with Gasteiger partial charge in [0.25, 0.3) is 0 Å². The predicted molar refractivity (Wildman–Crippen MR) is 81.3 cm³/mol. The minimum absolute atomic E-state index is 0.0507. The molecule has 3 fully saturated rings. The van der Waals surface area contributed by atoms with Gasteiger partial charge in [0.2, 0.25) is 11.8 Å². The highest BCUT2D eigenvalue weighted by Crippen LogP contribution is 2.48. The Morgan fingerprint density at radius 2 is 1.67 bits per heavy atom. The first kappa shape index (κ1) is 15.0. The third-order valence-electron chi connectivity index (χ3n) is 6.37. The van der Waals surface area contributed by atoms with Gasteiger partial charge in [-0.3, -0.25) is 14.5 Å². The van der Waals surface area contributed by atoms with Crippen molar-refractivity contribution in [3.8, 4) is 0 Å². The average Bonchev–Trinajstić information content (AvgIpc) is 3.02. The Morgan fingerprint density at radius 3 is 2.10 bits per heavy atom. The summed E-state index contributed by atoms with van der Waals surface area (Å²) < 4.78 is 0. The Bertz CT molecular complexity index is 416. The van der Waals surface area contributed by atoms with Gasteiger partial charge in [-0.1, -0.05) is 20.3 Å². The molecule has 0 bridgehead atoms. The largest absolute Gasteiger partial charge is 0.328 e. The maximum absolute atomic E-state index is 12.9. The maximum atomic E-state index is 12.9.